The molecule has 2 aliphatic rings. The predicted octanol–water partition coefficient (Wildman–Crippen LogP) is 6.31. The second-order valence-corrected chi connectivity index (χ2v) is 9.38. The van der Waals surface area contributed by atoms with Crippen molar-refractivity contribution in [2.45, 2.75) is 48.3 Å². The molecule has 3 aromatic carbocycles. The lowest BCUT2D eigenvalue weighted by molar-refractivity contribution is -0.662. The maximum absolute atomic E-state index is 4.83. The number of rotatable bonds is 1. The average Bonchev–Trinajstić information content (AvgIpc) is 3.25. The molecule has 1 aliphatic carbocycles. The van der Waals surface area contributed by atoms with Crippen LogP contribution in [0.15, 0.2) is 58.6 Å². The van der Waals surface area contributed by atoms with E-state index in [9.17, 15) is 0 Å². The first kappa shape index (κ1) is 16.6. The predicted molar refractivity (Wildman–Crippen MR) is 116 cm³/mol. The topological polar surface area (TPSA) is 16.8 Å². The Labute approximate surface area is 169 Å². The Bertz CT molecular complexity index is 1270. The molecule has 1 saturated carbocycles. The Morgan fingerprint density at radius 2 is 1.86 bits per heavy atom. The fourth-order valence-electron chi connectivity index (χ4n) is 5.21. The molecular weight excluding hydrogens is 360 g/mol. The van der Waals surface area contributed by atoms with E-state index in [0.717, 1.165) is 5.52 Å². The third-order valence-electron chi connectivity index (χ3n) is 6.62. The van der Waals surface area contributed by atoms with Crippen molar-refractivity contribution in [3.05, 3.63) is 59.9 Å². The molecule has 1 aliphatic heterocycles. The molecule has 2 nitrogen and oxygen atoms in total. The van der Waals surface area contributed by atoms with E-state index in [2.05, 4.69) is 61.0 Å². The van der Waals surface area contributed by atoms with Crippen molar-refractivity contribution in [1.29, 1.82) is 0 Å². The number of hydrogen-bond acceptors (Lipinski definition) is 2. The van der Waals surface area contributed by atoms with Crippen LogP contribution in [0.5, 0.6) is 0 Å². The van der Waals surface area contributed by atoms with Crippen molar-refractivity contribution in [2.75, 3.05) is 0 Å². The molecule has 0 saturated heterocycles. The Balaban J connectivity index is 1.69. The molecule has 1 fully saturated rings. The van der Waals surface area contributed by atoms with E-state index in [1.807, 2.05) is 18.1 Å². The van der Waals surface area contributed by atoms with E-state index in [1.54, 1.807) is 0 Å². The van der Waals surface area contributed by atoms with E-state index in [-0.39, 0.29) is 0 Å². The average molecular weight is 384 g/mol. The highest BCUT2D eigenvalue weighted by atomic mass is 32.2. The summed E-state index contributed by atoms with van der Waals surface area (Å²) in [6, 6.07) is 15.9. The van der Waals surface area contributed by atoms with Gasteiger partial charge in [0.15, 0.2) is 5.52 Å². The zero-order valence-corrected chi connectivity index (χ0v) is 17.1. The first-order valence-electron chi connectivity index (χ1n) is 10.2. The molecular formula is C25H23N2S+. The fraction of sp³-hybridized carbons (Fsp3) is 0.280. The van der Waals surface area contributed by atoms with Gasteiger partial charge in [-0.2, -0.15) is 0 Å². The van der Waals surface area contributed by atoms with Gasteiger partial charge >= 0.3 is 0 Å². The van der Waals surface area contributed by atoms with E-state index < -0.39 is 0 Å². The monoisotopic (exact) mass is 383 g/mol. The molecule has 1 aromatic heterocycles. The van der Waals surface area contributed by atoms with Crippen LogP contribution in [0.1, 0.15) is 42.7 Å². The summed E-state index contributed by atoms with van der Waals surface area (Å²) >= 11 is 1.93. The lowest BCUT2D eigenvalue weighted by Gasteiger charge is -2.23. The van der Waals surface area contributed by atoms with E-state index in [0.29, 0.717) is 5.92 Å². The summed E-state index contributed by atoms with van der Waals surface area (Å²) in [5.74, 6) is 0.709. The molecule has 138 valence electrons. The van der Waals surface area contributed by atoms with Crippen LogP contribution in [-0.2, 0) is 7.05 Å². The molecule has 0 spiro atoms. The van der Waals surface area contributed by atoms with Crippen molar-refractivity contribution in [3.63, 3.8) is 0 Å². The maximum Gasteiger partial charge on any atom is 0.287 e. The molecule has 0 bridgehead atoms. The van der Waals surface area contributed by atoms with Gasteiger partial charge in [0.1, 0.15) is 5.69 Å². The number of hydrogen-bond donors (Lipinski definition) is 0. The quantitative estimate of drug-likeness (QED) is 0.315. The van der Waals surface area contributed by atoms with Crippen molar-refractivity contribution < 1.29 is 4.57 Å². The van der Waals surface area contributed by atoms with Gasteiger partial charge in [0.2, 0.25) is 0 Å². The number of aromatic nitrogens is 2. The molecule has 0 N–H and O–H groups in total. The standard InChI is InChI=1S/C25H23N2S/c1-15-19-10-6-5-9-17(19)12-21-23(15)25-24-20(26-14-27(25)2)11-18(13-22(24)28-21)16-7-3-4-8-16/h5-6,9-14,16H,3-4,7-8H2,1-2H3/q+1. The summed E-state index contributed by atoms with van der Waals surface area (Å²) < 4.78 is 2.21. The Morgan fingerprint density at radius 3 is 2.71 bits per heavy atom. The van der Waals surface area contributed by atoms with Crippen molar-refractivity contribution in [2.24, 2.45) is 7.05 Å². The minimum atomic E-state index is 0.709. The van der Waals surface area contributed by atoms with Crippen molar-refractivity contribution in [1.82, 2.24) is 4.98 Å². The molecule has 0 radical (unpaired) electrons. The highest BCUT2D eigenvalue weighted by molar-refractivity contribution is 7.99. The zero-order chi connectivity index (χ0) is 18.8. The SMILES string of the molecule is Cc1c2c(cc3ccccc13)Sc1cc(C3CCCC3)cc3nc[n+](C)c-2c13. The first-order chi connectivity index (χ1) is 13.7. The molecule has 2 heterocycles. The number of fused-ring (bicyclic) bond motifs is 3. The largest absolute Gasteiger partial charge is 0.287 e. The summed E-state index contributed by atoms with van der Waals surface area (Å²) in [5.41, 5.74) is 6.70. The van der Waals surface area contributed by atoms with E-state index >= 15 is 0 Å². The summed E-state index contributed by atoms with van der Waals surface area (Å²) in [7, 11) is 2.13. The Morgan fingerprint density at radius 1 is 1.04 bits per heavy atom. The minimum absolute atomic E-state index is 0.709. The van der Waals surface area contributed by atoms with Crippen LogP contribution >= 0.6 is 11.8 Å². The second kappa shape index (κ2) is 6.05. The van der Waals surface area contributed by atoms with Gasteiger partial charge in [-0.05, 0) is 70.8 Å². The second-order valence-electron chi connectivity index (χ2n) is 8.30. The Hall–Kier alpha value is -2.39. The molecule has 3 heteroatoms. The summed E-state index contributed by atoms with van der Waals surface area (Å²) in [6.07, 6.45) is 7.37. The summed E-state index contributed by atoms with van der Waals surface area (Å²) in [6.45, 7) is 2.27. The van der Waals surface area contributed by atoms with Gasteiger partial charge in [-0.15, -0.1) is 0 Å². The van der Waals surface area contributed by atoms with Crippen LogP contribution in [0.2, 0.25) is 0 Å². The van der Waals surface area contributed by atoms with Gasteiger partial charge in [0.05, 0.1) is 12.4 Å². The zero-order valence-electron chi connectivity index (χ0n) is 16.3. The van der Waals surface area contributed by atoms with Crippen LogP contribution in [0.25, 0.3) is 32.9 Å². The summed E-state index contributed by atoms with van der Waals surface area (Å²) in [5, 5.41) is 4.00. The highest BCUT2D eigenvalue weighted by Crippen LogP contribution is 2.50. The molecule has 28 heavy (non-hydrogen) atoms. The molecule has 0 atom stereocenters. The van der Waals surface area contributed by atoms with Gasteiger partial charge in [-0.25, -0.2) is 4.57 Å². The van der Waals surface area contributed by atoms with Crippen LogP contribution in [0.4, 0.5) is 0 Å². The van der Waals surface area contributed by atoms with Gasteiger partial charge < -0.3 is 0 Å². The lowest BCUT2D eigenvalue weighted by atomic mass is 9.92. The third kappa shape index (κ3) is 2.29. The molecule has 4 aromatic rings. The van der Waals surface area contributed by atoms with Crippen molar-refractivity contribution in [3.8, 4) is 11.3 Å². The normalized spacial score (nSPS) is 16.1. The van der Waals surface area contributed by atoms with Crippen LogP contribution < -0.4 is 4.57 Å². The van der Waals surface area contributed by atoms with Crippen molar-refractivity contribution >= 4 is 33.4 Å². The third-order valence-corrected chi connectivity index (χ3v) is 7.70. The summed E-state index contributed by atoms with van der Waals surface area (Å²) in [4.78, 5) is 7.58. The molecule has 6 rings (SSSR count). The number of benzene rings is 3. The smallest absolute Gasteiger partial charge is 0.232 e. The van der Waals surface area contributed by atoms with E-state index in [1.165, 1.54) is 74.0 Å². The Kier molecular flexibility index (Phi) is 3.58. The van der Waals surface area contributed by atoms with Crippen LogP contribution in [0, 0.1) is 6.92 Å². The van der Waals surface area contributed by atoms with Gasteiger partial charge in [-0.1, -0.05) is 48.9 Å². The van der Waals surface area contributed by atoms with Crippen LogP contribution in [-0.4, -0.2) is 4.98 Å². The minimum Gasteiger partial charge on any atom is -0.232 e. The maximum atomic E-state index is 4.83. The van der Waals surface area contributed by atoms with Crippen LogP contribution in [0.3, 0.4) is 0 Å². The number of nitrogens with zero attached hydrogens (tertiary/aromatic N) is 2. The lowest BCUT2D eigenvalue weighted by Crippen LogP contribution is -2.32. The number of aryl methyl sites for hydroxylation is 2. The van der Waals surface area contributed by atoms with Gasteiger partial charge in [0.25, 0.3) is 6.33 Å². The van der Waals surface area contributed by atoms with Gasteiger partial charge in [-0.3, -0.25) is 0 Å². The van der Waals surface area contributed by atoms with E-state index in [4.69, 9.17) is 4.98 Å². The van der Waals surface area contributed by atoms with Gasteiger partial charge in [0, 0.05) is 15.4 Å². The molecule has 0 amide bonds. The fourth-order valence-corrected chi connectivity index (χ4v) is 6.48. The highest BCUT2D eigenvalue weighted by Gasteiger charge is 2.30. The first-order valence-corrected chi connectivity index (χ1v) is 11.1. The molecule has 0 unspecified atom stereocenters.